The lowest BCUT2D eigenvalue weighted by atomic mass is 10.2. The predicted molar refractivity (Wildman–Crippen MR) is 57.6 cm³/mol. The molecule has 0 aliphatic heterocycles. The summed E-state index contributed by atoms with van der Waals surface area (Å²) in [5.74, 6) is 0. The van der Waals surface area contributed by atoms with E-state index < -0.39 is 11.1 Å². The number of H-pyrrole nitrogens is 2. The number of hydrogen-bond donors (Lipinski definition) is 2. The zero-order chi connectivity index (χ0) is 10.3. The van der Waals surface area contributed by atoms with Gasteiger partial charge in [-0.2, -0.15) is 0 Å². The number of benzene rings is 1. The van der Waals surface area contributed by atoms with Crippen LogP contribution in [0.3, 0.4) is 0 Å². The van der Waals surface area contributed by atoms with Crippen molar-refractivity contribution in [2.45, 2.75) is 6.92 Å². The van der Waals surface area contributed by atoms with Gasteiger partial charge in [0.05, 0.1) is 11.0 Å². The third-order valence-corrected chi connectivity index (χ3v) is 2.55. The van der Waals surface area contributed by atoms with Gasteiger partial charge in [-0.05, 0) is 40.5 Å². The SMILES string of the molecule is Cc1cc(Br)c2[nH]c(=O)c(=O)[nH]c2c1. The monoisotopic (exact) mass is 254 g/mol. The molecule has 2 aromatic rings. The van der Waals surface area contributed by atoms with E-state index in [9.17, 15) is 9.59 Å². The lowest BCUT2D eigenvalue weighted by Crippen LogP contribution is -2.29. The second kappa shape index (κ2) is 3.09. The molecule has 0 saturated carbocycles. The fourth-order valence-electron chi connectivity index (χ4n) is 1.32. The largest absolute Gasteiger partial charge is 0.316 e. The minimum absolute atomic E-state index is 0.611. The highest BCUT2D eigenvalue weighted by Crippen LogP contribution is 2.20. The summed E-state index contributed by atoms with van der Waals surface area (Å²) in [5.41, 5.74) is 0.978. The minimum Gasteiger partial charge on any atom is -0.316 e. The maximum absolute atomic E-state index is 11.0. The number of hydrogen-bond acceptors (Lipinski definition) is 2. The standard InChI is InChI=1S/C9H7BrN2O2/c1-4-2-5(10)7-6(3-4)11-8(13)9(14)12-7/h2-3H,1H3,(H,11,13)(H,12,14). The van der Waals surface area contributed by atoms with Gasteiger partial charge in [0, 0.05) is 4.47 Å². The summed E-state index contributed by atoms with van der Waals surface area (Å²) in [6.07, 6.45) is 0. The molecule has 0 atom stereocenters. The normalized spacial score (nSPS) is 10.7. The highest BCUT2D eigenvalue weighted by atomic mass is 79.9. The number of fused-ring (bicyclic) bond motifs is 1. The Morgan fingerprint density at radius 2 is 1.79 bits per heavy atom. The van der Waals surface area contributed by atoms with Crippen molar-refractivity contribution in [1.82, 2.24) is 9.97 Å². The summed E-state index contributed by atoms with van der Waals surface area (Å²) >= 11 is 3.31. The van der Waals surface area contributed by atoms with Crippen LogP contribution in [0, 0.1) is 6.92 Å². The van der Waals surface area contributed by atoms with Crippen LogP contribution in [-0.2, 0) is 0 Å². The van der Waals surface area contributed by atoms with Crippen molar-refractivity contribution in [2.24, 2.45) is 0 Å². The highest BCUT2D eigenvalue weighted by molar-refractivity contribution is 9.10. The minimum atomic E-state index is -0.637. The lowest BCUT2D eigenvalue weighted by molar-refractivity contribution is 1.14. The van der Waals surface area contributed by atoms with Crippen LogP contribution in [-0.4, -0.2) is 9.97 Å². The van der Waals surface area contributed by atoms with E-state index in [0.717, 1.165) is 10.0 Å². The van der Waals surface area contributed by atoms with Crippen LogP contribution >= 0.6 is 15.9 Å². The average Bonchev–Trinajstić information content (AvgIpc) is 2.08. The molecule has 1 aromatic carbocycles. The van der Waals surface area contributed by atoms with Crippen LogP contribution in [0.25, 0.3) is 11.0 Å². The van der Waals surface area contributed by atoms with Crippen molar-refractivity contribution >= 4 is 27.0 Å². The Hall–Kier alpha value is -1.36. The molecule has 0 aliphatic carbocycles. The van der Waals surface area contributed by atoms with E-state index in [1.54, 1.807) is 6.07 Å². The van der Waals surface area contributed by atoms with Gasteiger partial charge in [0.15, 0.2) is 0 Å². The van der Waals surface area contributed by atoms with Gasteiger partial charge >= 0.3 is 11.1 Å². The van der Waals surface area contributed by atoms with Crippen LogP contribution in [0.15, 0.2) is 26.2 Å². The summed E-state index contributed by atoms with van der Waals surface area (Å²) in [6.45, 7) is 1.91. The molecule has 0 bridgehead atoms. The molecule has 0 unspecified atom stereocenters. The Balaban J connectivity index is 3.03. The molecular weight excluding hydrogens is 248 g/mol. The van der Waals surface area contributed by atoms with Crippen molar-refractivity contribution in [1.29, 1.82) is 0 Å². The molecule has 1 aromatic heterocycles. The van der Waals surface area contributed by atoms with E-state index in [1.165, 1.54) is 0 Å². The van der Waals surface area contributed by atoms with Crippen LogP contribution in [0.1, 0.15) is 5.56 Å². The lowest BCUT2D eigenvalue weighted by Gasteiger charge is -2.01. The Morgan fingerprint density at radius 1 is 1.14 bits per heavy atom. The van der Waals surface area contributed by atoms with E-state index in [2.05, 4.69) is 25.9 Å². The maximum Gasteiger partial charge on any atom is 0.314 e. The molecule has 2 N–H and O–H groups in total. The molecule has 0 radical (unpaired) electrons. The van der Waals surface area contributed by atoms with E-state index in [0.29, 0.717) is 11.0 Å². The molecule has 5 heteroatoms. The number of halogens is 1. The van der Waals surface area contributed by atoms with Gasteiger partial charge < -0.3 is 9.97 Å². The molecular formula is C9H7BrN2O2. The molecule has 1 heterocycles. The zero-order valence-electron chi connectivity index (χ0n) is 7.35. The Kier molecular flexibility index (Phi) is 2.03. The van der Waals surface area contributed by atoms with Gasteiger partial charge in [-0.25, -0.2) is 0 Å². The first-order valence-electron chi connectivity index (χ1n) is 4.00. The summed E-state index contributed by atoms with van der Waals surface area (Å²) in [4.78, 5) is 27.1. The van der Waals surface area contributed by atoms with Crippen LogP contribution < -0.4 is 11.1 Å². The van der Waals surface area contributed by atoms with Crippen molar-refractivity contribution in [3.8, 4) is 0 Å². The molecule has 2 rings (SSSR count). The van der Waals surface area contributed by atoms with Crippen molar-refractivity contribution in [2.75, 3.05) is 0 Å². The summed E-state index contributed by atoms with van der Waals surface area (Å²) in [6, 6.07) is 3.67. The molecule has 0 saturated heterocycles. The van der Waals surface area contributed by atoms with Crippen LogP contribution in [0.5, 0.6) is 0 Å². The zero-order valence-corrected chi connectivity index (χ0v) is 8.94. The maximum atomic E-state index is 11.0. The predicted octanol–water partition coefficient (Wildman–Crippen LogP) is 1.29. The van der Waals surface area contributed by atoms with Crippen LogP contribution in [0.4, 0.5) is 0 Å². The molecule has 14 heavy (non-hydrogen) atoms. The van der Waals surface area contributed by atoms with Gasteiger partial charge in [-0.3, -0.25) is 9.59 Å². The summed E-state index contributed by atoms with van der Waals surface area (Å²) in [7, 11) is 0. The first kappa shape index (κ1) is 9.21. The fourth-order valence-corrected chi connectivity index (χ4v) is 1.99. The topological polar surface area (TPSA) is 65.7 Å². The van der Waals surface area contributed by atoms with Gasteiger partial charge in [-0.1, -0.05) is 0 Å². The molecule has 0 fully saturated rings. The quantitative estimate of drug-likeness (QED) is 0.696. The molecule has 4 nitrogen and oxygen atoms in total. The van der Waals surface area contributed by atoms with E-state index in [1.807, 2.05) is 13.0 Å². The first-order valence-corrected chi connectivity index (χ1v) is 4.79. The smallest absolute Gasteiger partial charge is 0.314 e. The van der Waals surface area contributed by atoms with E-state index in [4.69, 9.17) is 0 Å². The van der Waals surface area contributed by atoms with E-state index >= 15 is 0 Å². The second-order valence-electron chi connectivity index (χ2n) is 3.08. The number of aromatic nitrogens is 2. The third kappa shape index (κ3) is 1.39. The Morgan fingerprint density at radius 3 is 2.50 bits per heavy atom. The van der Waals surface area contributed by atoms with Gasteiger partial charge in [0.2, 0.25) is 0 Å². The number of rotatable bonds is 0. The van der Waals surface area contributed by atoms with Crippen molar-refractivity contribution in [3.63, 3.8) is 0 Å². The molecule has 0 spiro atoms. The van der Waals surface area contributed by atoms with Crippen molar-refractivity contribution < 1.29 is 0 Å². The number of nitrogens with one attached hydrogen (secondary N) is 2. The molecule has 0 aliphatic rings. The summed E-state index contributed by atoms with van der Waals surface area (Å²) in [5, 5.41) is 0. The van der Waals surface area contributed by atoms with Gasteiger partial charge in [0.25, 0.3) is 0 Å². The second-order valence-corrected chi connectivity index (χ2v) is 3.93. The Bertz CT molecular complexity index is 612. The van der Waals surface area contributed by atoms with Crippen molar-refractivity contribution in [3.05, 3.63) is 42.9 Å². The van der Waals surface area contributed by atoms with Crippen LogP contribution in [0.2, 0.25) is 0 Å². The Labute approximate surface area is 87.1 Å². The highest BCUT2D eigenvalue weighted by Gasteiger charge is 2.03. The molecule has 72 valence electrons. The average molecular weight is 255 g/mol. The van der Waals surface area contributed by atoms with Gasteiger partial charge in [-0.15, -0.1) is 0 Å². The number of aromatic amines is 2. The molecule has 0 amide bonds. The fraction of sp³-hybridized carbons (Fsp3) is 0.111. The summed E-state index contributed by atoms with van der Waals surface area (Å²) < 4.78 is 0.765. The third-order valence-electron chi connectivity index (χ3n) is 1.93. The van der Waals surface area contributed by atoms with E-state index in [-0.39, 0.29) is 0 Å². The van der Waals surface area contributed by atoms with Gasteiger partial charge in [0.1, 0.15) is 0 Å². The number of aryl methyl sites for hydroxylation is 1. The first-order chi connectivity index (χ1) is 6.58.